The van der Waals surface area contributed by atoms with Crippen LogP contribution in [0.25, 0.3) is 22.4 Å². The molecule has 7 heteroatoms. The molecule has 7 nitrogen and oxygen atoms in total. The van der Waals surface area contributed by atoms with Gasteiger partial charge in [-0.25, -0.2) is 0 Å². The monoisotopic (exact) mass is 420 g/mol. The van der Waals surface area contributed by atoms with E-state index in [1.807, 2.05) is 48.3 Å². The topological polar surface area (TPSA) is 78.3 Å². The van der Waals surface area contributed by atoms with Gasteiger partial charge in [-0.1, -0.05) is 18.2 Å². The average Bonchev–Trinajstić information content (AvgIpc) is 3.21. The van der Waals surface area contributed by atoms with Crippen molar-refractivity contribution in [3.05, 3.63) is 60.6 Å². The highest BCUT2D eigenvalue weighted by Crippen LogP contribution is 2.30. The number of carbonyl (C=O) groups is 1. The number of pyridine rings is 1. The van der Waals surface area contributed by atoms with Gasteiger partial charge in [-0.3, -0.25) is 14.5 Å². The molecule has 0 saturated carbocycles. The lowest BCUT2D eigenvalue weighted by Gasteiger charge is -2.22. The van der Waals surface area contributed by atoms with Gasteiger partial charge in [-0.05, 0) is 48.6 Å². The third-order valence-electron chi connectivity index (χ3n) is 5.32. The van der Waals surface area contributed by atoms with Gasteiger partial charge < -0.3 is 14.8 Å². The van der Waals surface area contributed by atoms with Crippen molar-refractivity contribution in [1.29, 1.82) is 0 Å². The molecule has 4 rings (SSSR count). The largest absolute Gasteiger partial charge is 0.376 e. The van der Waals surface area contributed by atoms with E-state index in [0.29, 0.717) is 13.2 Å². The Hall–Kier alpha value is -3.03. The van der Waals surface area contributed by atoms with E-state index in [2.05, 4.69) is 21.5 Å². The molecule has 1 unspecified atom stereocenters. The maximum atomic E-state index is 12.2. The molecule has 1 fully saturated rings. The molecule has 1 atom stereocenters. The van der Waals surface area contributed by atoms with Crippen molar-refractivity contribution in [2.45, 2.75) is 31.9 Å². The molecule has 1 saturated heterocycles. The third kappa shape index (κ3) is 5.77. The molecule has 1 aromatic carbocycles. The lowest BCUT2D eigenvalue weighted by atomic mass is 10.0. The summed E-state index contributed by atoms with van der Waals surface area (Å²) in [5, 5.41) is 7.58. The number of nitrogens with zero attached hydrogens (tertiary/aromatic N) is 3. The highest BCUT2D eigenvalue weighted by molar-refractivity contribution is 5.80. The Balaban J connectivity index is 1.35. The third-order valence-corrected chi connectivity index (χ3v) is 5.32. The summed E-state index contributed by atoms with van der Waals surface area (Å²) >= 11 is 0. The number of hydrogen-bond acceptors (Lipinski definition) is 5. The molecular formula is C24H28N4O3. The predicted octanol–water partition coefficient (Wildman–Crippen LogP) is 3.35. The first-order valence-electron chi connectivity index (χ1n) is 10.7. The summed E-state index contributed by atoms with van der Waals surface area (Å²) in [5.74, 6) is -0.128. The smallest absolute Gasteiger partial charge is 0.246 e. The molecule has 1 N–H and O–H groups in total. The highest BCUT2D eigenvalue weighted by atomic mass is 16.5. The number of benzene rings is 1. The number of aromatic nitrogens is 3. The van der Waals surface area contributed by atoms with Gasteiger partial charge >= 0.3 is 0 Å². The van der Waals surface area contributed by atoms with Crippen LogP contribution in [0.1, 0.15) is 24.8 Å². The van der Waals surface area contributed by atoms with E-state index in [1.165, 1.54) is 0 Å². The Morgan fingerprint density at radius 1 is 1.23 bits per heavy atom. The van der Waals surface area contributed by atoms with Gasteiger partial charge in [0.1, 0.15) is 12.3 Å². The van der Waals surface area contributed by atoms with Crippen LogP contribution in [-0.4, -0.2) is 46.6 Å². The van der Waals surface area contributed by atoms with Gasteiger partial charge in [0, 0.05) is 49.9 Å². The SMILES string of the molecule is Cn1cc(-c2ccncc2)c(-c2cccc(CNC(=O)COCC3CCCCO3)c2)n1. The van der Waals surface area contributed by atoms with Crippen LogP contribution in [0, 0.1) is 0 Å². The Kier molecular flexibility index (Phi) is 7.07. The second-order valence-corrected chi connectivity index (χ2v) is 7.78. The lowest BCUT2D eigenvalue weighted by Crippen LogP contribution is -2.30. The molecule has 2 aromatic heterocycles. The van der Waals surface area contributed by atoms with Crippen molar-refractivity contribution in [1.82, 2.24) is 20.1 Å². The zero-order valence-electron chi connectivity index (χ0n) is 17.8. The maximum absolute atomic E-state index is 12.2. The number of ether oxygens (including phenoxy) is 2. The number of aryl methyl sites for hydroxylation is 1. The molecule has 3 aromatic rings. The first-order valence-corrected chi connectivity index (χ1v) is 10.7. The average molecular weight is 421 g/mol. The van der Waals surface area contributed by atoms with Crippen LogP contribution < -0.4 is 5.32 Å². The molecule has 1 amide bonds. The van der Waals surface area contributed by atoms with Gasteiger partial charge in [-0.2, -0.15) is 5.10 Å². The van der Waals surface area contributed by atoms with Crippen LogP contribution >= 0.6 is 0 Å². The Bertz CT molecular complexity index is 997. The fourth-order valence-electron chi connectivity index (χ4n) is 3.75. The van der Waals surface area contributed by atoms with Crippen molar-refractivity contribution in [3.63, 3.8) is 0 Å². The van der Waals surface area contributed by atoms with E-state index in [1.54, 1.807) is 12.4 Å². The van der Waals surface area contributed by atoms with Crippen LogP contribution in [0.3, 0.4) is 0 Å². The summed E-state index contributed by atoms with van der Waals surface area (Å²) in [6.45, 7) is 1.75. The molecule has 0 radical (unpaired) electrons. The second-order valence-electron chi connectivity index (χ2n) is 7.78. The molecule has 162 valence electrons. The Morgan fingerprint density at radius 3 is 2.90 bits per heavy atom. The molecule has 0 bridgehead atoms. The highest BCUT2D eigenvalue weighted by Gasteiger charge is 2.15. The number of amides is 1. The lowest BCUT2D eigenvalue weighted by molar-refractivity contribution is -0.128. The zero-order valence-corrected chi connectivity index (χ0v) is 17.8. The molecule has 0 aliphatic carbocycles. The predicted molar refractivity (Wildman–Crippen MR) is 118 cm³/mol. The summed E-state index contributed by atoms with van der Waals surface area (Å²) in [6, 6.07) is 12.0. The molecule has 3 heterocycles. The van der Waals surface area contributed by atoms with Gasteiger partial charge in [0.25, 0.3) is 0 Å². The zero-order chi connectivity index (χ0) is 21.5. The first kappa shape index (κ1) is 21.2. The van der Waals surface area contributed by atoms with E-state index >= 15 is 0 Å². The molecule has 31 heavy (non-hydrogen) atoms. The van der Waals surface area contributed by atoms with Crippen molar-refractivity contribution >= 4 is 5.91 Å². The minimum Gasteiger partial charge on any atom is -0.376 e. The Morgan fingerprint density at radius 2 is 2.10 bits per heavy atom. The maximum Gasteiger partial charge on any atom is 0.246 e. The molecule has 0 spiro atoms. The van der Waals surface area contributed by atoms with E-state index in [0.717, 1.165) is 53.8 Å². The van der Waals surface area contributed by atoms with E-state index in [-0.39, 0.29) is 18.6 Å². The van der Waals surface area contributed by atoms with Crippen LogP contribution in [-0.2, 0) is 27.9 Å². The summed E-state index contributed by atoms with van der Waals surface area (Å²) in [5.41, 5.74) is 5.02. The van der Waals surface area contributed by atoms with Crippen molar-refractivity contribution in [2.75, 3.05) is 19.8 Å². The van der Waals surface area contributed by atoms with Gasteiger partial charge in [-0.15, -0.1) is 0 Å². The Labute approximate surface area is 182 Å². The quantitative estimate of drug-likeness (QED) is 0.605. The van der Waals surface area contributed by atoms with E-state index in [4.69, 9.17) is 9.47 Å². The summed E-state index contributed by atoms with van der Waals surface area (Å²) in [7, 11) is 1.91. The van der Waals surface area contributed by atoms with Crippen LogP contribution in [0.15, 0.2) is 55.0 Å². The second kappa shape index (κ2) is 10.3. The van der Waals surface area contributed by atoms with E-state index in [9.17, 15) is 4.79 Å². The fourth-order valence-corrected chi connectivity index (χ4v) is 3.75. The number of hydrogen-bond donors (Lipinski definition) is 1. The van der Waals surface area contributed by atoms with Crippen LogP contribution in [0.5, 0.6) is 0 Å². The summed E-state index contributed by atoms with van der Waals surface area (Å²) in [4.78, 5) is 16.3. The van der Waals surface area contributed by atoms with Crippen molar-refractivity contribution < 1.29 is 14.3 Å². The summed E-state index contributed by atoms with van der Waals surface area (Å²) < 4.78 is 13.0. The fraction of sp³-hybridized carbons (Fsp3) is 0.375. The normalized spacial score (nSPS) is 16.2. The van der Waals surface area contributed by atoms with Gasteiger partial charge in [0.15, 0.2) is 0 Å². The number of carbonyl (C=O) groups excluding carboxylic acids is 1. The van der Waals surface area contributed by atoms with Crippen LogP contribution in [0.4, 0.5) is 0 Å². The standard InChI is InChI=1S/C24H28N4O3/c1-28-15-22(19-8-10-25-11-9-19)24(27-28)20-6-4-5-18(13-20)14-26-23(29)17-30-16-21-7-2-3-12-31-21/h4-6,8-11,13,15,21H,2-3,7,12,14,16-17H2,1H3,(H,26,29). The van der Waals surface area contributed by atoms with Crippen molar-refractivity contribution in [3.8, 4) is 22.4 Å². The number of nitrogens with one attached hydrogen (secondary N) is 1. The van der Waals surface area contributed by atoms with E-state index < -0.39 is 0 Å². The van der Waals surface area contributed by atoms with Gasteiger partial charge in [0.05, 0.1) is 12.7 Å². The van der Waals surface area contributed by atoms with Gasteiger partial charge in [0.2, 0.25) is 5.91 Å². The minimum atomic E-state index is -0.128. The number of rotatable bonds is 8. The van der Waals surface area contributed by atoms with Crippen molar-refractivity contribution in [2.24, 2.45) is 7.05 Å². The van der Waals surface area contributed by atoms with Crippen LogP contribution in [0.2, 0.25) is 0 Å². The molecule has 1 aliphatic heterocycles. The molecular weight excluding hydrogens is 392 g/mol. The minimum absolute atomic E-state index is 0.0476. The first-order chi connectivity index (χ1) is 15.2. The molecule has 1 aliphatic rings. The summed E-state index contributed by atoms with van der Waals surface area (Å²) in [6.07, 6.45) is 8.96.